The molecule has 0 radical (unpaired) electrons. The molecule has 0 aliphatic rings. The third-order valence-corrected chi connectivity index (χ3v) is 4.17. The van der Waals surface area contributed by atoms with Gasteiger partial charge in [-0.3, -0.25) is 10.1 Å². The van der Waals surface area contributed by atoms with Gasteiger partial charge in [0.15, 0.2) is 0 Å². The van der Waals surface area contributed by atoms with Crippen molar-refractivity contribution in [3.63, 3.8) is 0 Å². The Morgan fingerprint density at radius 2 is 1.95 bits per heavy atom. The van der Waals surface area contributed by atoms with E-state index in [4.69, 9.17) is 0 Å². The first-order chi connectivity index (χ1) is 8.97. The Kier molecular flexibility index (Phi) is 4.21. The highest BCUT2D eigenvalue weighted by Crippen LogP contribution is 2.27. The van der Waals surface area contributed by atoms with E-state index < -0.39 is 0 Å². The van der Waals surface area contributed by atoms with Gasteiger partial charge in [-0.25, -0.2) is 0 Å². The van der Waals surface area contributed by atoms with Crippen molar-refractivity contribution in [3.05, 3.63) is 54.9 Å². The molecule has 0 saturated carbocycles. The Labute approximate surface area is 123 Å². The van der Waals surface area contributed by atoms with Crippen LogP contribution in [0.1, 0.15) is 16.7 Å². The van der Waals surface area contributed by atoms with Gasteiger partial charge in [0.2, 0.25) is 0 Å². The number of nitro groups is 1. The van der Waals surface area contributed by atoms with E-state index in [9.17, 15) is 10.1 Å². The Balaban J connectivity index is 2.12. The number of hydrogen-bond donors (Lipinski definition) is 1. The molecule has 0 spiro atoms. The summed E-state index contributed by atoms with van der Waals surface area (Å²) >= 11 is 4.62. The normalized spacial score (nSPS) is 10.5. The third kappa shape index (κ3) is 3.33. The molecule has 2 rings (SSSR count). The molecule has 0 atom stereocenters. The van der Waals surface area contributed by atoms with Crippen LogP contribution in [-0.4, -0.2) is 4.92 Å². The maximum absolute atomic E-state index is 10.6. The average molecular weight is 341 g/mol. The van der Waals surface area contributed by atoms with Crippen molar-refractivity contribution >= 4 is 38.0 Å². The maximum atomic E-state index is 10.6. The van der Waals surface area contributed by atoms with E-state index in [0.717, 1.165) is 38.2 Å². The van der Waals surface area contributed by atoms with Crippen LogP contribution in [0.25, 0.3) is 0 Å². The van der Waals surface area contributed by atoms with Crippen LogP contribution in [0.3, 0.4) is 0 Å². The first-order valence-electron chi connectivity index (χ1n) is 5.70. The molecule has 0 bridgehead atoms. The molecule has 4 nitrogen and oxygen atoms in total. The lowest BCUT2D eigenvalue weighted by atomic mass is 10.1. The van der Waals surface area contributed by atoms with Gasteiger partial charge >= 0.3 is 5.00 Å². The Hall–Kier alpha value is -1.40. The minimum atomic E-state index is -0.357. The van der Waals surface area contributed by atoms with E-state index in [1.807, 2.05) is 31.4 Å². The SMILES string of the molecule is Cc1cc(Br)cc(C)c1NCc1csc([N+](=O)[O-])c1. The number of hydrogen-bond acceptors (Lipinski definition) is 4. The zero-order valence-electron chi connectivity index (χ0n) is 10.6. The fourth-order valence-electron chi connectivity index (χ4n) is 1.93. The highest BCUT2D eigenvalue weighted by molar-refractivity contribution is 9.10. The van der Waals surface area contributed by atoms with E-state index in [2.05, 4.69) is 21.2 Å². The standard InChI is InChI=1S/C13H13BrN2O2S/c1-8-3-11(14)4-9(2)13(8)15-6-10-5-12(16(17)18)19-7-10/h3-5,7,15H,6H2,1-2H3. The summed E-state index contributed by atoms with van der Waals surface area (Å²) in [6.45, 7) is 4.67. The average Bonchev–Trinajstić information content (AvgIpc) is 2.76. The van der Waals surface area contributed by atoms with E-state index in [-0.39, 0.29) is 9.92 Å². The molecule has 2 aromatic rings. The number of rotatable bonds is 4. The third-order valence-electron chi connectivity index (χ3n) is 2.79. The van der Waals surface area contributed by atoms with Crippen molar-refractivity contribution in [2.45, 2.75) is 20.4 Å². The first-order valence-corrected chi connectivity index (χ1v) is 7.37. The van der Waals surface area contributed by atoms with Gasteiger partial charge in [0.1, 0.15) is 0 Å². The lowest BCUT2D eigenvalue weighted by Crippen LogP contribution is -2.02. The molecule has 0 aliphatic carbocycles. The summed E-state index contributed by atoms with van der Waals surface area (Å²) in [5.41, 5.74) is 4.31. The van der Waals surface area contributed by atoms with Crippen LogP contribution in [0, 0.1) is 24.0 Å². The number of aryl methyl sites for hydroxylation is 2. The van der Waals surface area contributed by atoms with Gasteiger partial charge in [-0.15, -0.1) is 0 Å². The zero-order valence-corrected chi connectivity index (χ0v) is 13.0. The Morgan fingerprint density at radius 3 is 2.47 bits per heavy atom. The van der Waals surface area contributed by atoms with Gasteiger partial charge in [0.25, 0.3) is 0 Å². The smallest absolute Gasteiger partial charge is 0.324 e. The molecule has 0 unspecified atom stereocenters. The van der Waals surface area contributed by atoms with E-state index >= 15 is 0 Å². The van der Waals surface area contributed by atoms with Crippen molar-refractivity contribution in [2.24, 2.45) is 0 Å². The molecule has 1 N–H and O–H groups in total. The van der Waals surface area contributed by atoms with E-state index in [0.29, 0.717) is 6.54 Å². The fraction of sp³-hybridized carbons (Fsp3) is 0.231. The molecular formula is C13H13BrN2O2S. The topological polar surface area (TPSA) is 55.2 Å². The van der Waals surface area contributed by atoms with E-state index in [1.54, 1.807) is 6.07 Å². The zero-order chi connectivity index (χ0) is 14.0. The Bertz CT molecular complexity index is 602. The number of anilines is 1. The second kappa shape index (κ2) is 5.71. The molecule has 6 heteroatoms. The van der Waals surface area contributed by atoms with Crippen LogP contribution in [0.5, 0.6) is 0 Å². The number of thiophene rings is 1. The molecule has 19 heavy (non-hydrogen) atoms. The van der Waals surface area contributed by atoms with Gasteiger partial charge in [0, 0.05) is 28.2 Å². The summed E-state index contributed by atoms with van der Waals surface area (Å²) < 4.78 is 1.05. The molecule has 1 aromatic carbocycles. The van der Waals surface area contributed by atoms with Crippen molar-refractivity contribution in [1.29, 1.82) is 0 Å². The summed E-state index contributed by atoms with van der Waals surface area (Å²) in [6, 6.07) is 5.71. The largest absolute Gasteiger partial charge is 0.381 e. The number of nitrogens with zero attached hydrogens (tertiary/aromatic N) is 1. The summed E-state index contributed by atoms with van der Waals surface area (Å²) in [4.78, 5) is 10.3. The van der Waals surface area contributed by atoms with Crippen LogP contribution in [0.4, 0.5) is 10.7 Å². The summed E-state index contributed by atoms with van der Waals surface area (Å²) in [7, 11) is 0. The van der Waals surface area contributed by atoms with Gasteiger partial charge in [-0.05, 0) is 42.7 Å². The summed E-state index contributed by atoms with van der Waals surface area (Å²) in [6.07, 6.45) is 0. The highest BCUT2D eigenvalue weighted by atomic mass is 79.9. The van der Waals surface area contributed by atoms with Gasteiger partial charge < -0.3 is 5.32 Å². The summed E-state index contributed by atoms with van der Waals surface area (Å²) in [5, 5.41) is 16.0. The van der Waals surface area contributed by atoms with Crippen LogP contribution in [0.2, 0.25) is 0 Å². The predicted molar refractivity (Wildman–Crippen MR) is 81.9 cm³/mol. The number of nitrogens with one attached hydrogen (secondary N) is 1. The van der Waals surface area contributed by atoms with Gasteiger partial charge in [0.05, 0.1) is 4.92 Å². The van der Waals surface area contributed by atoms with Crippen molar-refractivity contribution in [1.82, 2.24) is 0 Å². The predicted octanol–water partition coefficient (Wildman–Crippen LogP) is 4.65. The molecule has 1 heterocycles. The lowest BCUT2D eigenvalue weighted by Gasteiger charge is -2.12. The highest BCUT2D eigenvalue weighted by Gasteiger charge is 2.10. The molecule has 0 saturated heterocycles. The minimum absolute atomic E-state index is 0.182. The number of halogens is 1. The molecule has 0 amide bonds. The van der Waals surface area contributed by atoms with Crippen LogP contribution >= 0.6 is 27.3 Å². The monoisotopic (exact) mass is 340 g/mol. The Morgan fingerprint density at radius 1 is 1.32 bits per heavy atom. The lowest BCUT2D eigenvalue weighted by molar-refractivity contribution is -0.380. The van der Waals surface area contributed by atoms with E-state index in [1.165, 1.54) is 0 Å². The molecule has 1 aromatic heterocycles. The maximum Gasteiger partial charge on any atom is 0.324 e. The molecular weight excluding hydrogens is 328 g/mol. The van der Waals surface area contributed by atoms with Crippen LogP contribution < -0.4 is 5.32 Å². The van der Waals surface area contributed by atoms with Crippen LogP contribution in [-0.2, 0) is 6.54 Å². The molecule has 100 valence electrons. The molecule has 0 fully saturated rings. The first kappa shape index (κ1) is 14.0. The number of benzene rings is 1. The van der Waals surface area contributed by atoms with Crippen molar-refractivity contribution in [3.8, 4) is 0 Å². The van der Waals surface area contributed by atoms with Gasteiger partial charge in [-0.2, -0.15) is 0 Å². The summed E-state index contributed by atoms with van der Waals surface area (Å²) in [5.74, 6) is 0. The minimum Gasteiger partial charge on any atom is -0.381 e. The molecule has 0 aliphatic heterocycles. The van der Waals surface area contributed by atoms with Crippen LogP contribution in [0.15, 0.2) is 28.1 Å². The second-order valence-electron chi connectivity index (χ2n) is 4.32. The fourth-order valence-corrected chi connectivity index (χ4v) is 3.35. The second-order valence-corrected chi connectivity index (χ2v) is 6.12. The van der Waals surface area contributed by atoms with Crippen molar-refractivity contribution in [2.75, 3.05) is 5.32 Å². The van der Waals surface area contributed by atoms with Gasteiger partial charge in [-0.1, -0.05) is 27.3 Å². The van der Waals surface area contributed by atoms with Crippen molar-refractivity contribution < 1.29 is 4.92 Å². The quantitative estimate of drug-likeness (QED) is 0.651.